The average molecular weight is 521 g/mol. The molecule has 5 rings (SSSR count). The second-order valence-corrected chi connectivity index (χ2v) is 12.5. The zero-order valence-corrected chi connectivity index (χ0v) is 25.0. The third-order valence-electron chi connectivity index (χ3n) is 9.54. The zero-order chi connectivity index (χ0) is 27.5. The summed E-state index contributed by atoms with van der Waals surface area (Å²) in [5, 5.41) is 0. The van der Waals surface area contributed by atoms with E-state index >= 15 is 0 Å². The summed E-state index contributed by atoms with van der Waals surface area (Å²) in [6.07, 6.45) is 18.8. The number of hydrogen-bond acceptors (Lipinski definition) is 0. The van der Waals surface area contributed by atoms with Crippen LogP contribution < -0.4 is 0 Å². The van der Waals surface area contributed by atoms with Gasteiger partial charge in [-0.3, -0.25) is 0 Å². The van der Waals surface area contributed by atoms with Gasteiger partial charge in [0.25, 0.3) is 0 Å². The van der Waals surface area contributed by atoms with Gasteiger partial charge in [0.05, 0.1) is 0 Å². The first-order valence-electron chi connectivity index (χ1n) is 15.9. The van der Waals surface area contributed by atoms with E-state index in [0.717, 1.165) is 23.7 Å². The molecule has 0 unspecified atom stereocenters. The normalized spacial score (nSPS) is 22.9. The van der Waals surface area contributed by atoms with Crippen molar-refractivity contribution in [1.29, 1.82) is 0 Å². The van der Waals surface area contributed by atoms with Crippen molar-refractivity contribution in [1.82, 2.24) is 0 Å². The van der Waals surface area contributed by atoms with Crippen molar-refractivity contribution in [2.24, 2.45) is 17.8 Å². The van der Waals surface area contributed by atoms with Gasteiger partial charge in [0, 0.05) is 0 Å². The summed E-state index contributed by atoms with van der Waals surface area (Å²) in [4.78, 5) is 0. The Kier molecular flexibility index (Phi) is 11.5. The Balaban J connectivity index is 0.000000183. The van der Waals surface area contributed by atoms with E-state index < -0.39 is 0 Å². The quantitative estimate of drug-likeness (QED) is 0.205. The number of benzene rings is 3. The van der Waals surface area contributed by atoms with Crippen molar-refractivity contribution < 1.29 is 0 Å². The molecule has 2 aliphatic rings. The molecule has 0 saturated heterocycles. The van der Waals surface area contributed by atoms with Crippen LogP contribution in [0.25, 0.3) is 11.1 Å². The molecule has 0 N–H and O–H groups in total. The molecule has 208 valence electrons. The number of rotatable bonds is 8. The van der Waals surface area contributed by atoms with Crippen LogP contribution in [0.15, 0.2) is 85.5 Å². The van der Waals surface area contributed by atoms with Crippen LogP contribution in [0.3, 0.4) is 0 Å². The standard InChI is InChI=1S/C21H30.C18H22/c1-3-17-6-10-19(11-7-17)21-14-12-20(13-15-21)18-8-4-16(2)5-9-18;1-3-4-5-6-16-9-13-18(14-10-16)17-11-7-15(2)8-12-17/h3-5,8-9,17,19-21H,1,6-7,10-15H2,2H3;7-14H,3-6H2,1-2H3. The summed E-state index contributed by atoms with van der Waals surface area (Å²) in [6.45, 7) is 10.5. The molecule has 2 saturated carbocycles. The van der Waals surface area contributed by atoms with E-state index in [2.05, 4.69) is 106 Å². The molecule has 0 atom stereocenters. The predicted molar refractivity (Wildman–Crippen MR) is 171 cm³/mol. The lowest BCUT2D eigenvalue weighted by atomic mass is 9.68. The highest BCUT2D eigenvalue weighted by Gasteiger charge is 2.30. The lowest BCUT2D eigenvalue weighted by molar-refractivity contribution is 0.171. The highest BCUT2D eigenvalue weighted by Crippen LogP contribution is 2.44. The summed E-state index contributed by atoms with van der Waals surface area (Å²) in [7, 11) is 0. The number of aryl methyl sites for hydroxylation is 3. The van der Waals surface area contributed by atoms with Crippen LogP contribution in [-0.4, -0.2) is 0 Å². The smallest absolute Gasteiger partial charge is 0.0162 e. The molecule has 0 spiro atoms. The van der Waals surface area contributed by atoms with E-state index in [4.69, 9.17) is 0 Å². The van der Waals surface area contributed by atoms with Gasteiger partial charge in [-0.2, -0.15) is 0 Å². The summed E-state index contributed by atoms with van der Waals surface area (Å²) in [5.74, 6) is 3.66. The van der Waals surface area contributed by atoms with Crippen molar-refractivity contribution in [2.45, 2.75) is 104 Å². The predicted octanol–water partition coefficient (Wildman–Crippen LogP) is 11.7. The second kappa shape index (κ2) is 15.3. The molecule has 2 aliphatic carbocycles. The van der Waals surface area contributed by atoms with Gasteiger partial charge in [-0.25, -0.2) is 0 Å². The fourth-order valence-electron chi connectivity index (χ4n) is 6.80. The van der Waals surface area contributed by atoms with E-state index in [0.29, 0.717) is 0 Å². The minimum Gasteiger partial charge on any atom is -0.103 e. The lowest BCUT2D eigenvalue weighted by Gasteiger charge is -2.37. The van der Waals surface area contributed by atoms with Crippen molar-refractivity contribution >= 4 is 0 Å². The fourth-order valence-corrected chi connectivity index (χ4v) is 6.80. The summed E-state index contributed by atoms with van der Waals surface area (Å²) >= 11 is 0. The Morgan fingerprint density at radius 1 is 0.615 bits per heavy atom. The van der Waals surface area contributed by atoms with Crippen LogP contribution in [0.2, 0.25) is 0 Å². The van der Waals surface area contributed by atoms with Gasteiger partial charge < -0.3 is 0 Å². The molecule has 3 aromatic carbocycles. The van der Waals surface area contributed by atoms with E-state index in [1.165, 1.54) is 105 Å². The van der Waals surface area contributed by atoms with Gasteiger partial charge in [0.1, 0.15) is 0 Å². The summed E-state index contributed by atoms with van der Waals surface area (Å²) in [6, 6.07) is 27.0. The SMILES string of the molecule is C=CC1CCC(C2CCC(c3ccc(C)cc3)CC2)CC1.CCCCCc1ccc(-c2ccc(C)cc2)cc1. The van der Waals surface area contributed by atoms with Crippen LogP contribution in [0.1, 0.15) is 106 Å². The third kappa shape index (κ3) is 8.96. The first-order chi connectivity index (χ1) is 19.1. The largest absolute Gasteiger partial charge is 0.103 e. The second-order valence-electron chi connectivity index (χ2n) is 12.5. The molecule has 3 aromatic rings. The van der Waals surface area contributed by atoms with E-state index in [-0.39, 0.29) is 0 Å². The van der Waals surface area contributed by atoms with Crippen molar-refractivity contribution in [3.05, 3.63) is 108 Å². The monoisotopic (exact) mass is 520 g/mol. The van der Waals surface area contributed by atoms with E-state index in [9.17, 15) is 0 Å². The summed E-state index contributed by atoms with van der Waals surface area (Å²) in [5.41, 5.74) is 8.35. The van der Waals surface area contributed by atoms with Crippen molar-refractivity contribution in [3.63, 3.8) is 0 Å². The topological polar surface area (TPSA) is 0 Å². The number of hydrogen-bond donors (Lipinski definition) is 0. The van der Waals surface area contributed by atoms with Gasteiger partial charge in [-0.1, -0.05) is 110 Å². The maximum absolute atomic E-state index is 3.97. The molecule has 39 heavy (non-hydrogen) atoms. The van der Waals surface area contributed by atoms with Gasteiger partial charge in [-0.05, 0) is 124 Å². The Morgan fingerprint density at radius 3 is 1.62 bits per heavy atom. The zero-order valence-electron chi connectivity index (χ0n) is 25.0. The van der Waals surface area contributed by atoms with Gasteiger partial charge in [-0.15, -0.1) is 6.58 Å². The van der Waals surface area contributed by atoms with Crippen molar-refractivity contribution in [2.75, 3.05) is 0 Å². The number of allylic oxidation sites excluding steroid dienone is 1. The Labute approximate surface area is 240 Å². The van der Waals surface area contributed by atoms with Gasteiger partial charge >= 0.3 is 0 Å². The molecule has 0 nitrogen and oxygen atoms in total. The lowest BCUT2D eigenvalue weighted by Crippen LogP contribution is -2.25. The highest BCUT2D eigenvalue weighted by atomic mass is 14.4. The molecule has 0 radical (unpaired) electrons. The van der Waals surface area contributed by atoms with E-state index in [1.54, 1.807) is 5.56 Å². The Bertz CT molecular complexity index is 1090. The van der Waals surface area contributed by atoms with Crippen LogP contribution in [0.4, 0.5) is 0 Å². The third-order valence-corrected chi connectivity index (χ3v) is 9.54. The van der Waals surface area contributed by atoms with Crippen LogP contribution in [-0.2, 0) is 6.42 Å². The minimum atomic E-state index is 0.810. The first kappa shape index (κ1) is 29.4. The van der Waals surface area contributed by atoms with Gasteiger partial charge in [0.2, 0.25) is 0 Å². The van der Waals surface area contributed by atoms with E-state index in [1.807, 2.05) is 0 Å². The Morgan fingerprint density at radius 2 is 1.10 bits per heavy atom. The van der Waals surface area contributed by atoms with Crippen LogP contribution >= 0.6 is 0 Å². The molecular formula is C39H52. The maximum atomic E-state index is 3.97. The molecule has 0 aliphatic heterocycles. The van der Waals surface area contributed by atoms with Crippen LogP contribution in [0, 0.1) is 31.6 Å². The molecule has 0 aromatic heterocycles. The Hall–Kier alpha value is -2.60. The van der Waals surface area contributed by atoms with Crippen LogP contribution in [0.5, 0.6) is 0 Å². The minimum absolute atomic E-state index is 0.810. The highest BCUT2D eigenvalue weighted by molar-refractivity contribution is 5.63. The molecular weight excluding hydrogens is 468 g/mol. The fraction of sp³-hybridized carbons (Fsp3) is 0.487. The summed E-state index contributed by atoms with van der Waals surface area (Å²) < 4.78 is 0. The maximum Gasteiger partial charge on any atom is -0.0162 e. The molecule has 0 bridgehead atoms. The molecule has 0 heterocycles. The van der Waals surface area contributed by atoms with Crippen molar-refractivity contribution in [3.8, 4) is 11.1 Å². The molecule has 2 fully saturated rings. The number of unbranched alkanes of at least 4 members (excludes halogenated alkanes) is 2. The average Bonchev–Trinajstić information content (AvgIpc) is 2.99. The molecule has 0 heteroatoms. The first-order valence-corrected chi connectivity index (χ1v) is 15.9. The molecule has 0 amide bonds. The van der Waals surface area contributed by atoms with Gasteiger partial charge in [0.15, 0.2) is 0 Å².